The Balaban J connectivity index is 1.63. The monoisotopic (exact) mass is 424 g/mol. The molecule has 3 aromatic rings. The van der Waals surface area contributed by atoms with E-state index in [0.29, 0.717) is 17.8 Å². The molecule has 0 saturated heterocycles. The topological polar surface area (TPSA) is 147 Å². The highest BCUT2D eigenvalue weighted by Gasteiger charge is 2.19. The van der Waals surface area contributed by atoms with E-state index in [9.17, 15) is 14.4 Å². The number of nitrogens with zero attached hydrogens (tertiary/aromatic N) is 5. The molecule has 3 aromatic heterocycles. The van der Waals surface area contributed by atoms with Crippen molar-refractivity contribution in [3.8, 4) is 11.3 Å². The summed E-state index contributed by atoms with van der Waals surface area (Å²) in [6.07, 6.45) is 4.21. The number of ether oxygens (including phenoxy) is 1. The van der Waals surface area contributed by atoms with E-state index in [1.54, 1.807) is 42.3 Å². The number of aromatic nitrogens is 5. The van der Waals surface area contributed by atoms with Crippen LogP contribution in [0.4, 0.5) is 10.5 Å². The third-order valence-corrected chi connectivity index (χ3v) is 4.62. The quantitative estimate of drug-likeness (QED) is 0.482. The molecule has 0 atom stereocenters. The number of likely N-dealkylation sites (N-methyl/N-ethyl adjacent to an activating group) is 1. The number of amides is 3. The molecule has 0 spiro atoms. The van der Waals surface area contributed by atoms with E-state index < -0.39 is 17.9 Å². The van der Waals surface area contributed by atoms with Gasteiger partial charge >= 0.3 is 6.09 Å². The lowest BCUT2D eigenvalue weighted by Gasteiger charge is -2.17. The van der Waals surface area contributed by atoms with Crippen LogP contribution in [0.3, 0.4) is 0 Å². The van der Waals surface area contributed by atoms with Crippen LogP contribution in [0.5, 0.6) is 0 Å². The molecule has 4 rings (SSSR count). The number of fused-ring (bicyclic) bond motifs is 6. The molecular weight excluding hydrogens is 404 g/mol. The van der Waals surface area contributed by atoms with Gasteiger partial charge in [0.1, 0.15) is 18.0 Å². The molecule has 3 N–H and O–H groups in total. The van der Waals surface area contributed by atoms with Crippen molar-refractivity contribution in [3.05, 3.63) is 48.2 Å². The van der Waals surface area contributed by atoms with Crippen LogP contribution in [-0.2, 0) is 11.3 Å². The van der Waals surface area contributed by atoms with Crippen LogP contribution in [0.25, 0.3) is 11.3 Å². The number of aromatic amines is 1. The van der Waals surface area contributed by atoms with Gasteiger partial charge in [0.2, 0.25) is 0 Å². The number of rotatable bonds is 0. The van der Waals surface area contributed by atoms with Crippen molar-refractivity contribution in [1.82, 2.24) is 35.2 Å². The van der Waals surface area contributed by atoms with Gasteiger partial charge in [0.05, 0.1) is 30.3 Å². The summed E-state index contributed by atoms with van der Waals surface area (Å²) in [7, 11) is 1.57. The van der Waals surface area contributed by atoms with Crippen molar-refractivity contribution in [2.75, 3.05) is 32.1 Å². The van der Waals surface area contributed by atoms with Gasteiger partial charge < -0.3 is 20.3 Å². The van der Waals surface area contributed by atoms with Crippen LogP contribution in [-0.4, -0.2) is 74.5 Å². The van der Waals surface area contributed by atoms with E-state index in [2.05, 4.69) is 30.9 Å². The summed E-state index contributed by atoms with van der Waals surface area (Å²) >= 11 is 0. The molecule has 0 aliphatic carbocycles. The predicted octanol–water partition coefficient (Wildman–Crippen LogP) is 0.732. The number of hydrogen-bond donors (Lipinski definition) is 3. The van der Waals surface area contributed by atoms with E-state index >= 15 is 0 Å². The highest BCUT2D eigenvalue weighted by molar-refractivity contribution is 6.07. The number of cyclic esters (lactones) is 1. The molecule has 0 unspecified atom stereocenters. The molecule has 0 radical (unpaired) electrons. The molecule has 4 bridgehead atoms. The number of H-pyrrole nitrogens is 1. The molecule has 12 nitrogen and oxygen atoms in total. The fraction of sp³-hybridized carbons (Fsp3) is 0.263. The molecule has 1 aliphatic heterocycles. The smallest absolute Gasteiger partial charge is 0.409 e. The zero-order chi connectivity index (χ0) is 21.8. The largest absolute Gasteiger partial charge is 0.447 e. The van der Waals surface area contributed by atoms with Crippen LogP contribution in [0.15, 0.2) is 36.8 Å². The van der Waals surface area contributed by atoms with Crippen LogP contribution < -0.4 is 10.6 Å². The molecule has 0 saturated carbocycles. The number of anilines is 1. The van der Waals surface area contributed by atoms with Gasteiger partial charge in [-0.3, -0.25) is 19.4 Å². The molecule has 31 heavy (non-hydrogen) atoms. The third-order valence-electron chi connectivity index (χ3n) is 4.62. The van der Waals surface area contributed by atoms with E-state index in [1.165, 1.54) is 11.1 Å². The minimum atomic E-state index is -0.511. The van der Waals surface area contributed by atoms with Gasteiger partial charge in [0.25, 0.3) is 11.8 Å². The summed E-state index contributed by atoms with van der Waals surface area (Å²) in [5, 5.41) is 16.0. The number of hydrogen-bond acceptors (Lipinski definition) is 7. The Labute approximate surface area is 176 Å². The molecular formula is C19H20N8O4. The van der Waals surface area contributed by atoms with E-state index in [1.807, 2.05) is 0 Å². The van der Waals surface area contributed by atoms with Crippen molar-refractivity contribution in [2.24, 2.45) is 0 Å². The molecule has 3 amide bonds. The zero-order valence-electron chi connectivity index (χ0n) is 16.7. The lowest BCUT2D eigenvalue weighted by molar-refractivity contribution is 0.0925. The van der Waals surface area contributed by atoms with Crippen molar-refractivity contribution in [3.63, 3.8) is 0 Å². The first-order chi connectivity index (χ1) is 15.0. The summed E-state index contributed by atoms with van der Waals surface area (Å²) in [6.45, 7) is 0.910. The molecule has 1 aliphatic rings. The average molecular weight is 424 g/mol. The third kappa shape index (κ3) is 4.52. The van der Waals surface area contributed by atoms with Crippen molar-refractivity contribution in [1.29, 1.82) is 0 Å². The molecule has 12 heteroatoms. The highest BCUT2D eigenvalue weighted by Crippen LogP contribution is 2.18. The van der Waals surface area contributed by atoms with Crippen LogP contribution in [0, 0.1) is 0 Å². The predicted molar refractivity (Wildman–Crippen MR) is 108 cm³/mol. The van der Waals surface area contributed by atoms with Crippen LogP contribution in [0.2, 0.25) is 0 Å². The fourth-order valence-electron chi connectivity index (χ4n) is 2.93. The Kier molecular flexibility index (Phi) is 5.60. The normalized spacial score (nSPS) is 15.6. The summed E-state index contributed by atoms with van der Waals surface area (Å²) in [5.74, 6) is -0.956. The fourth-order valence-corrected chi connectivity index (χ4v) is 2.93. The lowest BCUT2D eigenvalue weighted by atomic mass is 10.2. The molecule has 0 aromatic carbocycles. The maximum Gasteiger partial charge on any atom is 0.409 e. The first kappa shape index (κ1) is 20.1. The number of pyridine rings is 1. The second-order valence-corrected chi connectivity index (χ2v) is 6.80. The second kappa shape index (κ2) is 8.65. The summed E-state index contributed by atoms with van der Waals surface area (Å²) in [5.41, 5.74) is 1.74. The number of nitrogens with one attached hydrogen (secondary N) is 3. The van der Waals surface area contributed by atoms with Crippen LogP contribution >= 0.6 is 0 Å². The first-order valence-electron chi connectivity index (χ1n) is 9.52. The maximum atomic E-state index is 12.7. The van der Waals surface area contributed by atoms with Gasteiger partial charge in [-0.15, -0.1) is 0 Å². The standard InChI is InChI=1S/C19H20N8O4/c1-26-6-5-20-18(29)16-15(10-21-25-16)24-17(28)14-4-2-3-13(23-14)12-9-22-27(11-12)7-8-31-19(26)30/h2-4,9-11H,5-8H2,1H3,(H,20,29)(H,21,25)(H,24,28). The molecule has 4 heterocycles. The Morgan fingerprint density at radius 3 is 2.77 bits per heavy atom. The van der Waals surface area contributed by atoms with Crippen LogP contribution in [0.1, 0.15) is 21.0 Å². The van der Waals surface area contributed by atoms with E-state index in [0.717, 1.165) is 0 Å². The zero-order valence-corrected chi connectivity index (χ0v) is 16.7. The number of carbonyl (C=O) groups is 3. The van der Waals surface area contributed by atoms with Gasteiger partial charge in [0, 0.05) is 31.9 Å². The molecule has 0 fully saturated rings. The second-order valence-electron chi connectivity index (χ2n) is 6.80. The Morgan fingerprint density at radius 1 is 1.06 bits per heavy atom. The minimum absolute atomic E-state index is 0.0916. The van der Waals surface area contributed by atoms with Gasteiger partial charge in [0.15, 0.2) is 0 Å². The van der Waals surface area contributed by atoms with Gasteiger partial charge in [-0.05, 0) is 12.1 Å². The lowest BCUT2D eigenvalue weighted by Crippen LogP contribution is -2.37. The Hall–Kier alpha value is -4.22. The van der Waals surface area contributed by atoms with Gasteiger partial charge in [-0.1, -0.05) is 6.07 Å². The molecule has 160 valence electrons. The van der Waals surface area contributed by atoms with E-state index in [4.69, 9.17) is 4.74 Å². The summed E-state index contributed by atoms with van der Waals surface area (Å²) in [6, 6.07) is 5.03. The highest BCUT2D eigenvalue weighted by atomic mass is 16.6. The van der Waals surface area contributed by atoms with Gasteiger partial charge in [-0.25, -0.2) is 9.78 Å². The van der Waals surface area contributed by atoms with Gasteiger partial charge in [-0.2, -0.15) is 10.2 Å². The Morgan fingerprint density at radius 2 is 1.90 bits per heavy atom. The first-order valence-corrected chi connectivity index (χ1v) is 9.52. The SMILES string of the molecule is CN1CCNC(=O)c2[nH]ncc2NC(=O)c2cccc(n2)-c2cnn(c2)CCOC1=O. The average Bonchev–Trinajstić information content (AvgIpc) is 3.42. The minimum Gasteiger partial charge on any atom is -0.447 e. The van der Waals surface area contributed by atoms with Crippen molar-refractivity contribution < 1.29 is 19.1 Å². The van der Waals surface area contributed by atoms with Crippen molar-refractivity contribution in [2.45, 2.75) is 6.54 Å². The summed E-state index contributed by atoms with van der Waals surface area (Å²) in [4.78, 5) is 43.0. The van der Waals surface area contributed by atoms with E-state index in [-0.39, 0.29) is 36.8 Å². The maximum absolute atomic E-state index is 12.7. The summed E-state index contributed by atoms with van der Waals surface area (Å²) < 4.78 is 6.87. The Bertz CT molecular complexity index is 1120. The number of carbonyl (C=O) groups excluding carboxylic acids is 3. The van der Waals surface area contributed by atoms with Crippen molar-refractivity contribution >= 4 is 23.6 Å².